The van der Waals surface area contributed by atoms with Crippen LogP contribution in [-0.2, 0) is 11.3 Å². The molecule has 0 aliphatic carbocycles. The molecule has 0 spiro atoms. The van der Waals surface area contributed by atoms with Crippen molar-refractivity contribution in [3.05, 3.63) is 29.8 Å². The highest BCUT2D eigenvalue weighted by Gasteiger charge is 2.25. The van der Waals surface area contributed by atoms with E-state index >= 15 is 0 Å². The zero-order valence-corrected chi connectivity index (χ0v) is 17.8. The standard InChI is InChI=1S/C23H32N4O2/c1-4-6-7-8-11-14-27-21(24)19(23(28)29-15-16(3)5-2)20-22(27)26-18-13-10-9-12-17(18)25-20/h9-10,12-13,16H,4-8,11,14-15,24H2,1-3H3. The zero-order chi connectivity index (χ0) is 20.8. The van der Waals surface area contributed by atoms with E-state index in [4.69, 9.17) is 20.4 Å². The normalized spacial score (nSPS) is 12.5. The number of nitrogen functional groups attached to an aromatic ring is 1. The van der Waals surface area contributed by atoms with Crippen molar-refractivity contribution in [2.75, 3.05) is 12.3 Å². The lowest BCUT2D eigenvalue weighted by Gasteiger charge is -2.10. The van der Waals surface area contributed by atoms with Gasteiger partial charge >= 0.3 is 5.97 Å². The first-order chi connectivity index (χ1) is 14.1. The van der Waals surface area contributed by atoms with E-state index in [9.17, 15) is 4.79 Å². The number of carbonyl (C=O) groups is 1. The molecule has 3 rings (SSSR count). The van der Waals surface area contributed by atoms with Crippen LogP contribution in [0.5, 0.6) is 0 Å². The number of ether oxygens (including phenoxy) is 1. The summed E-state index contributed by atoms with van der Waals surface area (Å²) in [5.74, 6) is 0.293. The average molecular weight is 397 g/mol. The number of anilines is 1. The molecule has 0 aliphatic rings. The highest BCUT2D eigenvalue weighted by Crippen LogP contribution is 2.29. The molecule has 2 aromatic heterocycles. The van der Waals surface area contributed by atoms with Gasteiger partial charge in [0.1, 0.15) is 16.9 Å². The Hall–Kier alpha value is -2.63. The van der Waals surface area contributed by atoms with Crippen LogP contribution in [0.1, 0.15) is 69.7 Å². The number of para-hydroxylation sites is 2. The number of fused-ring (bicyclic) bond motifs is 2. The summed E-state index contributed by atoms with van der Waals surface area (Å²) in [4.78, 5) is 22.4. The monoisotopic (exact) mass is 396 g/mol. The van der Waals surface area contributed by atoms with Gasteiger partial charge in [-0.15, -0.1) is 0 Å². The van der Waals surface area contributed by atoms with Crippen LogP contribution in [-0.4, -0.2) is 27.1 Å². The predicted octanol–water partition coefficient (Wildman–Crippen LogP) is 5.34. The Morgan fingerprint density at radius 1 is 1.10 bits per heavy atom. The maximum atomic E-state index is 12.9. The van der Waals surface area contributed by atoms with Gasteiger partial charge in [-0.25, -0.2) is 14.8 Å². The molecule has 1 aromatic carbocycles. The summed E-state index contributed by atoms with van der Waals surface area (Å²) in [5.41, 5.74) is 9.52. The molecular weight excluding hydrogens is 364 g/mol. The van der Waals surface area contributed by atoms with Gasteiger partial charge in [-0.2, -0.15) is 0 Å². The molecule has 2 heterocycles. The molecule has 3 aromatic rings. The third-order valence-corrected chi connectivity index (χ3v) is 5.48. The molecule has 0 aliphatic heterocycles. The average Bonchev–Trinajstić information content (AvgIpc) is 3.00. The number of aromatic nitrogens is 3. The molecule has 1 unspecified atom stereocenters. The number of nitrogens with zero attached hydrogens (tertiary/aromatic N) is 3. The first-order valence-corrected chi connectivity index (χ1v) is 10.8. The van der Waals surface area contributed by atoms with Gasteiger partial charge in [0.2, 0.25) is 0 Å². The number of hydrogen-bond acceptors (Lipinski definition) is 5. The van der Waals surface area contributed by atoms with Gasteiger partial charge in [0.25, 0.3) is 0 Å². The van der Waals surface area contributed by atoms with Crippen LogP contribution in [0.3, 0.4) is 0 Å². The molecule has 0 radical (unpaired) electrons. The summed E-state index contributed by atoms with van der Waals surface area (Å²) in [7, 11) is 0. The fourth-order valence-electron chi connectivity index (χ4n) is 3.43. The lowest BCUT2D eigenvalue weighted by molar-refractivity contribution is 0.0450. The molecular formula is C23H32N4O2. The number of aryl methyl sites for hydroxylation is 1. The molecule has 29 heavy (non-hydrogen) atoms. The van der Waals surface area contributed by atoms with E-state index in [-0.39, 0.29) is 0 Å². The van der Waals surface area contributed by atoms with E-state index in [0.29, 0.717) is 35.1 Å². The van der Waals surface area contributed by atoms with Gasteiger partial charge in [-0.1, -0.05) is 65.0 Å². The SMILES string of the molecule is CCCCCCCn1c(N)c(C(=O)OCC(C)CC)c2nc3ccccc3nc21. The zero-order valence-electron chi connectivity index (χ0n) is 17.8. The molecule has 0 saturated carbocycles. The quantitative estimate of drug-likeness (QED) is 0.369. The molecule has 2 N–H and O–H groups in total. The van der Waals surface area contributed by atoms with Crippen LogP contribution in [0, 0.1) is 5.92 Å². The van der Waals surface area contributed by atoms with Gasteiger partial charge in [0.05, 0.1) is 17.6 Å². The van der Waals surface area contributed by atoms with Crippen LogP contribution >= 0.6 is 0 Å². The molecule has 6 heteroatoms. The van der Waals surface area contributed by atoms with Crippen molar-refractivity contribution in [2.24, 2.45) is 5.92 Å². The van der Waals surface area contributed by atoms with Crippen LogP contribution in [0.25, 0.3) is 22.2 Å². The molecule has 0 fully saturated rings. The van der Waals surface area contributed by atoms with Crippen LogP contribution in [0.15, 0.2) is 24.3 Å². The van der Waals surface area contributed by atoms with Crippen molar-refractivity contribution in [2.45, 2.75) is 65.8 Å². The van der Waals surface area contributed by atoms with Crippen molar-refractivity contribution in [1.82, 2.24) is 14.5 Å². The summed E-state index contributed by atoms with van der Waals surface area (Å²) < 4.78 is 7.48. The molecule has 156 valence electrons. The minimum Gasteiger partial charge on any atom is -0.462 e. The van der Waals surface area contributed by atoms with E-state index in [1.165, 1.54) is 19.3 Å². The fourth-order valence-corrected chi connectivity index (χ4v) is 3.43. The summed E-state index contributed by atoms with van der Waals surface area (Å²) in [6.45, 7) is 7.44. The number of unbranched alkanes of at least 4 members (excludes halogenated alkanes) is 4. The van der Waals surface area contributed by atoms with E-state index in [1.807, 2.05) is 28.8 Å². The summed E-state index contributed by atoms with van der Waals surface area (Å²) >= 11 is 0. The summed E-state index contributed by atoms with van der Waals surface area (Å²) in [6, 6.07) is 7.68. The summed E-state index contributed by atoms with van der Waals surface area (Å²) in [5, 5.41) is 0. The molecule has 0 amide bonds. The second kappa shape index (κ2) is 9.72. The number of carbonyl (C=O) groups excluding carboxylic acids is 1. The van der Waals surface area contributed by atoms with Crippen molar-refractivity contribution >= 4 is 34.0 Å². The second-order valence-electron chi connectivity index (χ2n) is 7.82. The first kappa shape index (κ1) is 21.1. The lowest BCUT2D eigenvalue weighted by Crippen LogP contribution is -2.14. The van der Waals surface area contributed by atoms with E-state index in [2.05, 4.69) is 20.8 Å². The minimum absolute atomic E-state index is 0.305. The number of hydrogen-bond donors (Lipinski definition) is 1. The molecule has 0 saturated heterocycles. The predicted molar refractivity (Wildman–Crippen MR) is 118 cm³/mol. The lowest BCUT2D eigenvalue weighted by atomic mass is 10.1. The molecule has 0 bridgehead atoms. The van der Waals surface area contributed by atoms with Gasteiger partial charge in [0, 0.05) is 6.54 Å². The number of esters is 1. The van der Waals surface area contributed by atoms with Gasteiger partial charge in [-0.05, 0) is 24.5 Å². The van der Waals surface area contributed by atoms with E-state index < -0.39 is 5.97 Å². The highest BCUT2D eigenvalue weighted by atomic mass is 16.5. The van der Waals surface area contributed by atoms with Crippen molar-refractivity contribution in [1.29, 1.82) is 0 Å². The summed E-state index contributed by atoms with van der Waals surface area (Å²) in [6.07, 6.45) is 6.71. The smallest absolute Gasteiger partial charge is 0.344 e. The highest BCUT2D eigenvalue weighted by molar-refractivity contribution is 6.08. The van der Waals surface area contributed by atoms with Crippen LogP contribution in [0.2, 0.25) is 0 Å². The van der Waals surface area contributed by atoms with Crippen molar-refractivity contribution in [3.8, 4) is 0 Å². The Kier molecular flexibility index (Phi) is 7.07. The number of rotatable bonds is 10. The van der Waals surface area contributed by atoms with Crippen LogP contribution in [0.4, 0.5) is 5.82 Å². The van der Waals surface area contributed by atoms with Crippen molar-refractivity contribution < 1.29 is 9.53 Å². The number of benzene rings is 1. The van der Waals surface area contributed by atoms with Gasteiger partial charge in [0.15, 0.2) is 5.65 Å². The van der Waals surface area contributed by atoms with Crippen LogP contribution < -0.4 is 5.73 Å². The van der Waals surface area contributed by atoms with Gasteiger partial charge < -0.3 is 15.0 Å². The number of nitrogens with two attached hydrogens (primary N) is 1. The molecule has 6 nitrogen and oxygen atoms in total. The largest absolute Gasteiger partial charge is 0.462 e. The first-order valence-electron chi connectivity index (χ1n) is 10.8. The van der Waals surface area contributed by atoms with E-state index in [0.717, 1.165) is 36.8 Å². The molecule has 1 atom stereocenters. The van der Waals surface area contributed by atoms with E-state index in [1.54, 1.807) is 0 Å². The topological polar surface area (TPSA) is 83.0 Å². The Morgan fingerprint density at radius 3 is 2.48 bits per heavy atom. The Bertz CT molecular complexity index is 980. The minimum atomic E-state index is -0.415. The van der Waals surface area contributed by atoms with Gasteiger partial charge in [-0.3, -0.25) is 0 Å². The third kappa shape index (κ3) is 4.69. The second-order valence-corrected chi connectivity index (χ2v) is 7.82. The third-order valence-electron chi connectivity index (χ3n) is 5.48. The maximum absolute atomic E-state index is 12.9. The Balaban J connectivity index is 1.98. The fraction of sp³-hybridized carbons (Fsp3) is 0.522. The van der Waals surface area contributed by atoms with Crippen molar-refractivity contribution in [3.63, 3.8) is 0 Å². The Labute approximate surface area is 172 Å². The maximum Gasteiger partial charge on any atom is 0.344 e. The Morgan fingerprint density at radius 2 is 1.79 bits per heavy atom.